The quantitative estimate of drug-likeness (QED) is 0.603. The van der Waals surface area contributed by atoms with Crippen molar-refractivity contribution in [3.8, 4) is 11.4 Å². The maximum Gasteiger partial charge on any atom is 0.0886 e. The molecule has 2 aromatic rings. The first-order valence-corrected chi connectivity index (χ1v) is 7.91. The summed E-state index contributed by atoms with van der Waals surface area (Å²) in [5, 5.41) is 0. The zero-order valence-corrected chi connectivity index (χ0v) is 13.5. The molecule has 7 heteroatoms. The molecule has 3 radical (unpaired) electrons. The van der Waals surface area contributed by atoms with Gasteiger partial charge in [0.2, 0.25) is 0 Å². The monoisotopic (exact) mass is 462 g/mol. The van der Waals surface area contributed by atoms with Gasteiger partial charge in [-0.05, 0) is 24.3 Å². The van der Waals surface area contributed by atoms with Gasteiger partial charge >= 0.3 is 27.7 Å². The normalized spacial score (nSPS) is 6.70. The molecule has 0 spiro atoms. The zero-order chi connectivity index (χ0) is 16.2. The van der Waals surface area contributed by atoms with Crippen LogP contribution in [0.25, 0.3) is 11.4 Å². The van der Waals surface area contributed by atoms with E-state index in [1.165, 1.54) is 18.2 Å². The number of nitrogens with zero attached hydrogens (tertiary/aromatic N) is 2. The van der Waals surface area contributed by atoms with Gasteiger partial charge in [-0.15, -0.1) is 0 Å². The van der Waals surface area contributed by atoms with E-state index in [1.807, 2.05) is 36.4 Å². The summed E-state index contributed by atoms with van der Waals surface area (Å²) in [6.07, 6.45) is 3.54. The van der Waals surface area contributed by atoms with Crippen LogP contribution in [0, 0.1) is 0 Å². The molecule has 2 rings (SSSR count). The van der Waals surface area contributed by atoms with E-state index >= 15 is 0 Å². The minimum absolute atomic E-state index is 0.915. The molecule has 2 aromatic heterocycles. The van der Waals surface area contributed by atoms with Gasteiger partial charge in [0, 0.05) is 12.4 Å². The molecule has 0 aromatic carbocycles. The largest absolute Gasteiger partial charge is 0.255 e. The van der Waals surface area contributed by atoms with E-state index in [2.05, 4.69) is 30.3 Å². The number of hydrogen-bond acceptors (Lipinski definition) is 5. The summed E-state index contributed by atoms with van der Waals surface area (Å²) in [5.41, 5.74) is 1.83. The molecule has 0 fully saturated rings. The molecule has 105 valence electrons. The molecule has 0 aliphatic carbocycles. The minimum Gasteiger partial charge on any atom is -0.255 e. The Hall–Kier alpha value is -1.74. The molecule has 0 saturated carbocycles. The van der Waals surface area contributed by atoms with Crippen molar-refractivity contribution < 1.29 is 32.6 Å². The Kier molecular flexibility index (Phi) is 26.2. The fourth-order valence-electron chi connectivity index (χ4n) is 1.03. The maximum absolute atomic E-state index is 7.50. The molecule has 5 nitrogen and oxygen atoms in total. The molecule has 0 saturated heterocycles. The molecule has 0 atom stereocenters. The Bertz CT molecular complexity index is 365. The molecular weight excluding hydrogens is 454 g/mol. The van der Waals surface area contributed by atoms with Crippen LogP contribution < -0.4 is 0 Å². The smallest absolute Gasteiger partial charge is 0.0886 e. The predicted octanol–water partition coefficient (Wildman–Crippen LogP) is 1.64. The molecule has 0 amide bonds. The Labute approximate surface area is 132 Å². The van der Waals surface area contributed by atoms with Crippen LogP contribution in [0.4, 0.5) is 0 Å². The Morgan fingerprint density at radius 3 is 1.20 bits per heavy atom. The summed E-state index contributed by atoms with van der Waals surface area (Å²) >= 11 is 1.19. The van der Waals surface area contributed by atoms with Crippen molar-refractivity contribution in [2.45, 2.75) is 0 Å². The van der Waals surface area contributed by atoms with Gasteiger partial charge in [0.25, 0.3) is 0 Å². The average molecular weight is 462 g/mol. The summed E-state index contributed by atoms with van der Waals surface area (Å²) < 4.78 is 0. The van der Waals surface area contributed by atoms with Crippen LogP contribution in [0.2, 0.25) is 0 Å². The maximum atomic E-state index is 7.50. The van der Waals surface area contributed by atoms with Gasteiger partial charge in [-0.25, -0.2) is 0 Å². The standard InChI is InChI=1S/C10H8N2.3CO.ClH.Re/c1-3-7-11-9(5-1)10-6-2-4-8-12-10;3*1-2;;/h1-8H;;;;1H;/q;3*-1;;+1/p-1. The fraction of sp³-hybridized carbons (Fsp3) is 0. The Balaban J connectivity index is -0.000000314. The van der Waals surface area contributed by atoms with E-state index in [0.717, 1.165) is 11.4 Å². The van der Waals surface area contributed by atoms with E-state index in [0.29, 0.717) is 0 Å². The number of rotatable bonds is 1. The first-order valence-electron chi connectivity index (χ1n) is 4.55. The molecule has 0 bridgehead atoms. The molecular formula is C13H8ClN2O3Re-3. The van der Waals surface area contributed by atoms with Crippen LogP contribution >= 0.6 is 9.53 Å². The van der Waals surface area contributed by atoms with Gasteiger partial charge in [0.05, 0.1) is 11.4 Å². The van der Waals surface area contributed by atoms with Gasteiger partial charge in [-0.3, -0.25) is 9.97 Å². The Morgan fingerprint density at radius 2 is 1.00 bits per heavy atom. The Morgan fingerprint density at radius 1 is 0.700 bits per heavy atom. The van der Waals surface area contributed by atoms with E-state index in [1.54, 1.807) is 12.4 Å². The predicted molar refractivity (Wildman–Crippen MR) is 70.4 cm³/mol. The van der Waals surface area contributed by atoms with E-state index in [4.69, 9.17) is 23.9 Å². The average Bonchev–Trinajstić information content (AvgIpc) is 2.63. The van der Waals surface area contributed by atoms with E-state index in [9.17, 15) is 0 Å². The van der Waals surface area contributed by atoms with Crippen molar-refractivity contribution in [1.82, 2.24) is 9.97 Å². The first kappa shape index (κ1) is 23.4. The van der Waals surface area contributed by atoms with Gasteiger partial charge in [0.15, 0.2) is 0 Å². The number of pyridine rings is 2. The molecule has 2 heterocycles. The third kappa shape index (κ3) is 11.4. The van der Waals surface area contributed by atoms with E-state index in [-0.39, 0.29) is 0 Å². The third-order valence-electron chi connectivity index (χ3n) is 1.59. The van der Waals surface area contributed by atoms with Crippen LogP contribution in [0.1, 0.15) is 0 Å². The topological polar surface area (TPSA) is 77.0 Å². The van der Waals surface area contributed by atoms with Crippen LogP contribution in [-0.2, 0) is 32.6 Å². The molecule has 0 aliphatic rings. The second kappa shape index (κ2) is 22.4. The number of hydrogen-bond donors (Lipinski definition) is 0. The van der Waals surface area contributed by atoms with Crippen LogP contribution in [0.15, 0.2) is 48.8 Å². The minimum atomic E-state index is 0.915. The van der Waals surface area contributed by atoms with Crippen LogP contribution in [0.3, 0.4) is 0 Å². The van der Waals surface area contributed by atoms with Gasteiger partial charge in [-0.2, -0.15) is 0 Å². The van der Waals surface area contributed by atoms with Crippen molar-refractivity contribution in [3.05, 3.63) is 48.8 Å². The molecule has 0 unspecified atom stereocenters. The van der Waals surface area contributed by atoms with Crippen LogP contribution in [0.5, 0.6) is 0 Å². The third-order valence-corrected chi connectivity index (χ3v) is 1.59. The molecule has 0 N–H and O–H groups in total. The number of halogens is 1. The summed E-state index contributed by atoms with van der Waals surface area (Å²) in [7, 11) is 4.69. The summed E-state index contributed by atoms with van der Waals surface area (Å²) in [4.78, 5) is 30.9. The summed E-state index contributed by atoms with van der Waals surface area (Å²) in [5.74, 6) is 0. The van der Waals surface area contributed by atoms with Crippen molar-refractivity contribution in [3.63, 3.8) is 0 Å². The van der Waals surface area contributed by atoms with Crippen molar-refractivity contribution in [2.75, 3.05) is 0 Å². The van der Waals surface area contributed by atoms with E-state index < -0.39 is 0 Å². The molecule has 20 heavy (non-hydrogen) atoms. The second-order valence-electron chi connectivity index (χ2n) is 2.43. The van der Waals surface area contributed by atoms with Crippen molar-refractivity contribution >= 4 is 29.9 Å². The number of carbonyl (C=O) groups excluding carboxylic acids is 3. The summed E-state index contributed by atoms with van der Waals surface area (Å²) in [6.45, 7) is 13.5. The van der Waals surface area contributed by atoms with Crippen molar-refractivity contribution in [1.29, 1.82) is 0 Å². The first-order chi connectivity index (χ1) is 9.97. The fourth-order valence-corrected chi connectivity index (χ4v) is 1.03. The van der Waals surface area contributed by atoms with Crippen molar-refractivity contribution in [2.24, 2.45) is 0 Å². The molecule has 0 aliphatic heterocycles. The second-order valence-corrected chi connectivity index (χ2v) is 2.43. The van der Waals surface area contributed by atoms with Crippen LogP contribution in [-0.4, -0.2) is 30.3 Å². The SMILES string of the molecule is [C-]=O.[C-]=O.[C-]=O.[Cl][Re].c1ccc(-c2ccccn2)nc1. The summed E-state index contributed by atoms with van der Waals surface area (Å²) in [6, 6.07) is 11.6. The van der Waals surface area contributed by atoms with Gasteiger partial charge in [0.1, 0.15) is 0 Å². The van der Waals surface area contributed by atoms with Gasteiger partial charge in [-0.1, -0.05) is 12.1 Å². The zero-order valence-electron chi connectivity index (χ0n) is 9.99. The van der Waals surface area contributed by atoms with Gasteiger partial charge < -0.3 is 34.8 Å². The number of aromatic nitrogens is 2.